The summed E-state index contributed by atoms with van der Waals surface area (Å²) in [5, 5.41) is 10.1. The van der Waals surface area contributed by atoms with Crippen molar-refractivity contribution in [2.45, 2.75) is 310 Å². The first kappa shape index (κ1) is 68.8. The Morgan fingerprint density at radius 2 is 0.391 bits per heavy atom. The third-order valence-corrected chi connectivity index (χ3v) is 20.9. The monoisotopic (exact) mass is 1230 g/mol. The van der Waals surface area contributed by atoms with Crippen molar-refractivity contribution in [1.29, 1.82) is 0 Å². The number of hydrogen-bond acceptors (Lipinski definition) is 4. The number of benzene rings is 8. The highest BCUT2D eigenvalue weighted by molar-refractivity contribution is 6.25. The fraction of sp³-hybridized carbons (Fsp3) is 0.545. The van der Waals surface area contributed by atoms with Gasteiger partial charge in [-0.15, -0.1) is 0 Å². The smallest absolute Gasteiger partial charge is 0.0979 e. The lowest BCUT2D eigenvalue weighted by atomic mass is 9.93. The Balaban J connectivity index is 0.911. The van der Waals surface area contributed by atoms with Gasteiger partial charge >= 0.3 is 0 Å². The Hall–Kier alpha value is -6.00. The summed E-state index contributed by atoms with van der Waals surface area (Å²) in [6.07, 6.45) is 58.9. The van der Waals surface area contributed by atoms with E-state index in [-0.39, 0.29) is 0 Å². The first-order chi connectivity index (χ1) is 45.5. The van der Waals surface area contributed by atoms with E-state index in [1.54, 1.807) is 0 Å². The summed E-state index contributed by atoms with van der Waals surface area (Å²) in [6.45, 7) is 9.24. The van der Waals surface area contributed by atoms with Crippen LogP contribution >= 0.6 is 0 Å². The van der Waals surface area contributed by atoms with E-state index >= 15 is 0 Å². The number of aromatic nitrogens is 4. The normalized spacial score (nSPS) is 12.1. The molecule has 10 aromatic rings. The van der Waals surface area contributed by atoms with Gasteiger partial charge in [0.05, 0.1) is 44.1 Å². The zero-order chi connectivity index (χ0) is 63.4. The molecule has 0 amide bonds. The summed E-state index contributed by atoms with van der Waals surface area (Å²) in [5.41, 5.74) is 15.7. The highest BCUT2D eigenvalue weighted by Gasteiger charge is 2.18. The van der Waals surface area contributed by atoms with Gasteiger partial charge in [-0.3, -0.25) is 0 Å². The number of rotatable bonds is 45. The van der Waals surface area contributed by atoms with Crippen LogP contribution in [0.25, 0.3) is 98.4 Å². The molecule has 8 aromatic carbocycles. The SMILES string of the molecule is CCCCCCCCCCCCc1ccc2c(c1)c1cc(CCCCCCCCCCCC)ccc1c1nc3cc(-c4ccc5nc6c7ccc(CCCCCCCCCCCC)cc7c7cc(CCCCCCCCCCCC)ccc7c6nc5c4)ccc3nc21. The Labute approximate surface area is 556 Å². The molecule has 4 heteroatoms. The van der Waals surface area contributed by atoms with Crippen molar-refractivity contribution in [3.63, 3.8) is 0 Å². The molecule has 0 aliphatic heterocycles. The Bertz CT molecular complexity index is 3620. The molecular formula is C88H118N4. The molecule has 0 saturated heterocycles. The van der Waals surface area contributed by atoms with Crippen LogP contribution in [0.15, 0.2) is 109 Å². The molecule has 2 heterocycles. The molecule has 0 spiro atoms. The van der Waals surface area contributed by atoms with Crippen molar-refractivity contribution in [2.75, 3.05) is 0 Å². The second-order valence-corrected chi connectivity index (χ2v) is 28.5. The van der Waals surface area contributed by atoms with Crippen LogP contribution in [0.2, 0.25) is 0 Å². The maximum Gasteiger partial charge on any atom is 0.0979 e. The summed E-state index contributed by atoms with van der Waals surface area (Å²) in [7, 11) is 0. The Morgan fingerprint density at radius 3 is 0.620 bits per heavy atom. The fourth-order valence-corrected chi connectivity index (χ4v) is 15.2. The number of fused-ring (bicyclic) bond motifs is 14. The molecule has 0 bridgehead atoms. The Kier molecular flexibility index (Phi) is 28.3. The minimum atomic E-state index is 0.922. The van der Waals surface area contributed by atoms with Gasteiger partial charge in [0.1, 0.15) is 0 Å². The summed E-state index contributed by atoms with van der Waals surface area (Å²) < 4.78 is 0. The topological polar surface area (TPSA) is 51.6 Å². The zero-order valence-corrected chi connectivity index (χ0v) is 58.3. The predicted octanol–water partition coefficient (Wildman–Crippen LogP) is 28.0. The second-order valence-electron chi connectivity index (χ2n) is 28.5. The molecule has 490 valence electrons. The van der Waals surface area contributed by atoms with E-state index in [1.165, 1.54) is 322 Å². The van der Waals surface area contributed by atoms with Crippen LogP contribution in [0.5, 0.6) is 0 Å². The van der Waals surface area contributed by atoms with Gasteiger partial charge in [-0.1, -0.05) is 344 Å². The lowest BCUT2D eigenvalue weighted by molar-refractivity contribution is 0.556. The lowest BCUT2D eigenvalue weighted by Crippen LogP contribution is -1.95. The van der Waals surface area contributed by atoms with E-state index in [9.17, 15) is 0 Å². The minimum Gasteiger partial charge on any atom is -0.244 e. The van der Waals surface area contributed by atoms with Crippen LogP contribution < -0.4 is 0 Å². The third kappa shape index (κ3) is 19.6. The van der Waals surface area contributed by atoms with Gasteiger partial charge in [-0.25, -0.2) is 19.9 Å². The number of hydrogen-bond donors (Lipinski definition) is 0. The molecule has 0 radical (unpaired) electrons. The third-order valence-electron chi connectivity index (χ3n) is 20.9. The van der Waals surface area contributed by atoms with Gasteiger partial charge in [0.2, 0.25) is 0 Å². The molecule has 0 unspecified atom stereocenters. The van der Waals surface area contributed by atoms with Gasteiger partial charge in [0, 0.05) is 21.5 Å². The molecule has 10 rings (SSSR count). The van der Waals surface area contributed by atoms with E-state index in [0.29, 0.717) is 0 Å². The summed E-state index contributed by atoms with van der Waals surface area (Å²) in [4.78, 5) is 22.2. The summed E-state index contributed by atoms with van der Waals surface area (Å²) >= 11 is 0. The van der Waals surface area contributed by atoms with Crippen molar-refractivity contribution in [2.24, 2.45) is 0 Å². The summed E-state index contributed by atoms with van der Waals surface area (Å²) in [6, 6.07) is 42.4. The van der Waals surface area contributed by atoms with Crippen molar-refractivity contribution < 1.29 is 0 Å². The van der Waals surface area contributed by atoms with Crippen molar-refractivity contribution in [3.05, 3.63) is 131 Å². The van der Waals surface area contributed by atoms with Crippen LogP contribution in [0, 0.1) is 0 Å². The van der Waals surface area contributed by atoms with E-state index in [1.807, 2.05) is 0 Å². The fourth-order valence-electron chi connectivity index (χ4n) is 15.2. The molecule has 0 fully saturated rings. The van der Waals surface area contributed by atoms with Gasteiger partial charge in [0.25, 0.3) is 0 Å². The molecule has 92 heavy (non-hydrogen) atoms. The predicted molar refractivity (Wildman–Crippen MR) is 405 cm³/mol. The lowest BCUT2D eigenvalue weighted by Gasteiger charge is -2.14. The molecule has 0 saturated carbocycles. The maximum atomic E-state index is 5.60. The van der Waals surface area contributed by atoms with Crippen molar-refractivity contribution in [1.82, 2.24) is 19.9 Å². The van der Waals surface area contributed by atoms with Crippen LogP contribution in [0.4, 0.5) is 0 Å². The van der Waals surface area contributed by atoms with Crippen LogP contribution in [-0.4, -0.2) is 19.9 Å². The minimum absolute atomic E-state index is 0.922. The van der Waals surface area contributed by atoms with E-state index in [0.717, 1.165) is 80.9 Å². The first-order valence-electron chi connectivity index (χ1n) is 38.7. The first-order valence-corrected chi connectivity index (χ1v) is 38.7. The molecule has 0 atom stereocenters. The number of aryl methyl sites for hydroxylation is 4. The standard InChI is InChI=1S/C88H118N4/c1-5-9-13-17-21-25-29-33-37-41-45-67-49-55-73-77(61-67)79-63-69(47-43-39-35-31-27-23-19-15-11-7-3)51-57-75(79)87-85(73)89-81-59-53-71(65-83(81)91-87)72-54-60-82-84(66-72)92-88-76-58-52-70(48-44-40-36-32-28-24-20-16-12-8-4)64-80(76)78-62-68(50-56-74(78)86(88)90-82)46-42-38-34-30-26-22-18-14-10-6-2/h49-66H,5-48H2,1-4H3. The van der Waals surface area contributed by atoms with Gasteiger partial charge in [-0.2, -0.15) is 0 Å². The van der Waals surface area contributed by atoms with E-state index in [2.05, 4.69) is 137 Å². The quantitative estimate of drug-likeness (QED) is 0.0217. The molecule has 2 aromatic heterocycles. The largest absolute Gasteiger partial charge is 0.244 e. The van der Waals surface area contributed by atoms with E-state index in [4.69, 9.17) is 19.9 Å². The van der Waals surface area contributed by atoms with Crippen molar-refractivity contribution >= 4 is 87.2 Å². The number of unbranched alkanes of at least 4 members (excludes halogenated alkanes) is 36. The Morgan fingerprint density at radius 1 is 0.185 bits per heavy atom. The average molecular weight is 1230 g/mol. The zero-order valence-electron chi connectivity index (χ0n) is 58.3. The van der Waals surface area contributed by atoms with Crippen molar-refractivity contribution in [3.8, 4) is 11.1 Å². The van der Waals surface area contributed by atoms with Crippen LogP contribution in [0.3, 0.4) is 0 Å². The van der Waals surface area contributed by atoms with Gasteiger partial charge < -0.3 is 0 Å². The molecular weight excluding hydrogens is 1110 g/mol. The maximum absolute atomic E-state index is 5.60. The van der Waals surface area contributed by atoms with E-state index < -0.39 is 0 Å². The molecule has 0 N–H and O–H groups in total. The van der Waals surface area contributed by atoms with Gasteiger partial charge in [-0.05, 0) is 131 Å². The van der Waals surface area contributed by atoms with Gasteiger partial charge in [0.15, 0.2) is 0 Å². The molecule has 0 aliphatic rings. The second kappa shape index (κ2) is 37.8. The van der Waals surface area contributed by atoms with Crippen LogP contribution in [0.1, 0.15) is 307 Å². The molecule has 0 aliphatic carbocycles. The highest BCUT2D eigenvalue weighted by atomic mass is 14.8. The number of nitrogens with zero attached hydrogens (tertiary/aromatic N) is 4. The van der Waals surface area contributed by atoms with Crippen LogP contribution in [-0.2, 0) is 25.7 Å². The molecule has 4 nitrogen and oxygen atoms in total. The highest BCUT2D eigenvalue weighted by Crippen LogP contribution is 2.39. The average Bonchev–Trinajstić information content (AvgIpc) is 0.744. The summed E-state index contributed by atoms with van der Waals surface area (Å²) in [5.74, 6) is 0.